The molecule has 0 aliphatic carbocycles. The summed E-state index contributed by atoms with van der Waals surface area (Å²) in [6.07, 6.45) is 1.58. The van der Waals surface area contributed by atoms with Crippen molar-refractivity contribution in [1.82, 2.24) is 10.3 Å². The molecule has 2 N–H and O–H groups in total. The molecule has 0 atom stereocenters. The summed E-state index contributed by atoms with van der Waals surface area (Å²) in [7, 11) is 0. The van der Waals surface area contributed by atoms with Crippen molar-refractivity contribution in [3.8, 4) is 0 Å². The predicted molar refractivity (Wildman–Crippen MR) is 106 cm³/mol. The molecule has 3 aromatic rings. The van der Waals surface area contributed by atoms with Crippen molar-refractivity contribution in [2.75, 3.05) is 11.9 Å². The second-order valence-corrected chi connectivity index (χ2v) is 6.30. The van der Waals surface area contributed by atoms with Gasteiger partial charge in [0.1, 0.15) is 28.7 Å². The van der Waals surface area contributed by atoms with Crippen LogP contribution in [0.4, 0.5) is 14.5 Å². The number of nitrogens with zero attached hydrogens (tertiary/aromatic N) is 1. The summed E-state index contributed by atoms with van der Waals surface area (Å²) in [5.41, 5.74) is 0.546. The molecule has 1 aromatic heterocycles. The fourth-order valence-corrected chi connectivity index (χ4v) is 2.71. The first-order valence-corrected chi connectivity index (χ1v) is 9.09. The smallest absolute Gasteiger partial charge is 0.274 e. The third kappa shape index (κ3) is 5.44. The number of hydrogen-bond acceptors (Lipinski definition) is 3. The highest BCUT2D eigenvalue weighted by molar-refractivity contribution is 6.04. The first-order valence-electron chi connectivity index (χ1n) is 9.09. The molecule has 0 radical (unpaired) electrons. The number of rotatable bonds is 7. The zero-order valence-corrected chi connectivity index (χ0v) is 15.5. The van der Waals surface area contributed by atoms with Crippen molar-refractivity contribution in [3.63, 3.8) is 0 Å². The van der Waals surface area contributed by atoms with E-state index in [1.165, 1.54) is 29.8 Å². The van der Waals surface area contributed by atoms with Crippen molar-refractivity contribution in [2.45, 2.75) is 12.8 Å². The SMILES string of the molecule is O=C(NCCCc1ccccc1)c1cccc(C(=O)Nc2c(F)cccc2F)n1. The summed E-state index contributed by atoms with van der Waals surface area (Å²) in [5, 5.41) is 4.90. The van der Waals surface area contributed by atoms with Gasteiger partial charge in [0.2, 0.25) is 0 Å². The number of aryl methyl sites for hydroxylation is 1. The molecule has 0 saturated carbocycles. The van der Waals surface area contributed by atoms with E-state index < -0.39 is 29.1 Å². The third-order valence-corrected chi connectivity index (χ3v) is 4.19. The summed E-state index contributed by atoms with van der Waals surface area (Å²) in [5.74, 6) is -3.03. The lowest BCUT2D eigenvalue weighted by atomic mass is 10.1. The summed E-state index contributed by atoms with van der Waals surface area (Å²) in [6.45, 7) is 0.451. The third-order valence-electron chi connectivity index (χ3n) is 4.19. The van der Waals surface area contributed by atoms with E-state index in [4.69, 9.17) is 0 Å². The molecule has 0 unspecified atom stereocenters. The van der Waals surface area contributed by atoms with Gasteiger partial charge in [-0.05, 0) is 42.7 Å². The van der Waals surface area contributed by atoms with E-state index in [2.05, 4.69) is 15.6 Å². The van der Waals surface area contributed by atoms with Gasteiger partial charge >= 0.3 is 0 Å². The van der Waals surface area contributed by atoms with Gasteiger partial charge in [-0.15, -0.1) is 0 Å². The van der Waals surface area contributed by atoms with Crippen molar-refractivity contribution in [1.29, 1.82) is 0 Å². The Balaban J connectivity index is 1.58. The lowest BCUT2D eigenvalue weighted by molar-refractivity contribution is 0.0948. The molecule has 0 spiro atoms. The highest BCUT2D eigenvalue weighted by Gasteiger charge is 2.16. The molecule has 0 bridgehead atoms. The Morgan fingerprint density at radius 2 is 1.41 bits per heavy atom. The van der Waals surface area contributed by atoms with Crippen LogP contribution in [-0.2, 0) is 6.42 Å². The fraction of sp³-hybridized carbons (Fsp3) is 0.136. The van der Waals surface area contributed by atoms with Gasteiger partial charge < -0.3 is 10.6 Å². The zero-order valence-electron chi connectivity index (χ0n) is 15.5. The Bertz CT molecular complexity index is 990. The molecule has 29 heavy (non-hydrogen) atoms. The normalized spacial score (nSPS) is 10.4. The monoisotopic (exact) mass is 395 g/mol. The summed E-state index contributed by atoms with van der Waals surface area (Å²) >= 11 is 0. The maximum absolute atomic E-state index is 13.7. The molecule has 2 amide bonds. The Labute approximate surface area is 166 Å². The van der Waals surface area contributed by atoms with Crippen LogP contribution in [0.2, 0.25) is 0 Å². The topological polar surface area (TPSA) is 71.1 Å². The number of pyridine rings is 1. The van der Waals surface area contributed by atoms with E-state index in [1.54, 1.807) is 0 Å². The maximum Gasteiger partial charge on any atom is 0.274 e. The molecular formula is C22H19F2N3O2. The van der Waals surface area contributed by atoms with Crippen molar-refractivity contribution in [2.24, 2.45) is 0 Å². The van der Waals surface area contributed by atoms with Crippen LogP contribution < -0.4 is 10.6 Å². The second-order valence-electron chi connectivity index (χ2n) is 6.30. The highest BCUT2D eigenvalue weighted by Crippen LogP contribution is 2.18. The van der Waals surface area contributed by atoms with E-state index in [0.29, 0.717) is 6.54 Å². The lowest BCUT2D eigenvalue weighted by Crippen LogP contribution is -2.26. The van der Waals surface area contributed by atoms with Gasteiger partial charge in [0, 0.05) is 6.54 Å². The number of carbonyl (C=O) groups is 2. The van der Waals surface area contributed by atoms with Gasteiger partial charge in [-0.2, -0.15) is 0 Å². The standard InChI is InChI=1S/C22H19F2N3O2/c23-16-10-4-11-17(24)20(16)27-22(29)19-13-5-12-18(26-19)21(28)25-14-6-9-15-7-2-1-3-8-15/h1-5,7-8,10-13H,6,9,14H2,(H,25,28)(H,27,29). The number of halogens is 2. The summed E-state index contributed by atoms with van der Waals surface area (Å²) in [6, 6.07) is 17.5. The minimum absolute atomic E-state index is 0.0476. The van der Waals surface area contributed by atoms with Crippen LogP contribution in [0.5, 0.6) is 0 Å². The van der Waals surface area contributed by atoms with Crippen LogP contribution in [-0.4, -0.2) is 23.3 Å². The van der Waals surface area contributed by atoms with Crippen molar-refractivity contribution in [3.05, 3.63) is 95.3 Å². The molecule has 3 rings (SSSR count). The Morgan fingerprint density at radius 1 is 0.793 bits per heavy atom. The van der Waals surface area contributed by atoms with Gasteiger partial charge in [-0.25, -0.2) is 13.8 Å². The van der Waals surface area contributed by atoms with Gasteiger partial charge in [0.25, 0.3) is 11.8 Å². The molecule has 1 heterocycles. The fourth-order valence-electron chi connectivity index (χ4n) is 2.71. The Morgan fingerprint density at radius 3 is 2.10 bits per heavy atom. The largest absolute Gasteiger partial charge is 0.351 e. The average molecular weight is 395 g/mol. The van der Waals surface area contributed by atoms with Crippen LogP contribution in [0.3, 0.4) is 0 Å². The van der Waals surface area contributed by atoms with Gasteiger partial charge in [0.05, 0.1) is 0 Å². The first-order chi connectivity index (χ1) is 14.0. The van der Waals surface area contributed by atoms with E-state index in [1.807, 2.05) is 30.3 Å². The molecule has 5 nitrogen and oxygen atoms in total. The number of anilines is 1. The minimum atomic E-state index is -0.898. The molecule has 7 heteroatoms. The van der Waals surface area contributed by atoms with Gasteiger partial charge in [-0.1, -0.05) is 42.5 Å². The van der Waals surface area contributed by atoms with E-state index in [9.17, 15) is 18.4 Å². The number of benzene rings is 2. The number of para-hydroxylation sites is 1. The van der Waals surface area contributed by atoms with Crippen LogP contribution in [0.25, 0.3) is 0 Å². The number of nitrogens with one attached hydrogen (secondary N) is 2. The minimum Gasteiger partial charge on any atom is -0.351 e. The highest BCUT2D eigenvalue weighted by atomic mass is 19.1. The quantitative estimate of drug-likeness (QED) is 0.595. The van der Waals surface area contributed by atoms with Crippen molar-refractivity contribution >= 4 is 17.5 Å². The molecule has 0 aliphatic rings. The van der Waals surface area contributed by atoms with Gasteiger partial charge in [-0.3, -0.25) is 9.59 Å². The van der Waals surface area contributed by atoms with E-state index in [-0.39, 0.29) is 11.4 Å². The lowest BCUT2D eigenvalue weighted by Gasteiger charge is -2.08. The molecule has 2 aromatic carbocycles. The Hall–Kier alpha value is -3.61. The number of carbonyl (C=O) groups excluding carboxylic acids is 2. The first kappa shape index (κ1) is 20.1. The zero-order chi connectivity index (χ0) is 20.6. The molecule has 148 valence electrons. The summed E-state index contributed by atoms with van der Waals surface area (Å²) < 4.78 is 27.4. The van der Waals surface area contributed by atoms with Crippen LogP contribution >= 0.6 is 0 Å². The molecular weight excluding hydrogens is 376 g/mol. The predicted octanol–water partition coefficient (Wildman–Crippen LogP) is 3.97. The maximum atomic E-state index is 13.7. The number of amides is 2. The number of aromatic nitrogens is 1. The van der Waals surface area contributed by atoms with E-state index in [0.717, 1.165) is 25.0 Å². The average Bonchev–Trinajstić information content (AvgIpc) is 2.74. The van der Waals surface area contributed by atoms with Crippen molar-refractivity contribution < 1.29 is 18.4 Å². The number of hydrogen-bond donors (Lipinski definition) is 2. The molecule has 0 fully saturated rings. The Kier molecular flexibility index (Phi) is 6.63. The van der Waals surface area contributed by atoms with E-state index >= 15 is 0 Å². The summed E-state index contributed by atoms with van der Waals surface area (Å²) in [4.78, 5) is 28.5. The van der Waals surface area contributed by atoms with Crippen LogP contribution in [0, 0.1) is 11.6 Å². The molecule has 0 aliphatic heterocycles. The van der Waals surface area contributed by atoms with Gasteiger partial charge in [0.15, 0.2) is 0 Å². The second kappa shape index (κ2) is 9.54. The molecule has 0 saturated heterocycles. The van der Waals surface area contributed by atoms with Crippen LogP contribution in [0.1, 0.15) is 33.0 Å². The van der Waals surface area contributed by atoms with Crippen LogP contribution in [0.15, 0.2) is 66.7 Å².